The van der Waals surface area contributed by atoms with Crippen LogP contribution in [0.2, 0.25) is 0 Å². The van der Waals surface area contributed by atoms with E-state index >= 15 is 0 Å². The summed E-state index contributed by atoms with van der Waals surface area (Å²) in [6.07, 6.45) is -0.823. The number of nitrogens with zero attached hydrogens (tertiary/aromatic N) is 2. The third-order valence-electron chi connectivity index (χ3n) is 4.67. The average molecular weight is 392 g/mol. The summed E-state index contributed by atoms with van der Waals surface area (Å²) in [7, 11) is 0. The topological polar surface area (TPSA) is 116 Å². The fraction of sp³-hybridized carbons (Fsp3) is 0.474. The van der Waals surface area contributed by atoms with Gasteiger partial charge in [-0.05, 0) is 23.6 Å². The minimum Gasteiger partial charge on any atom is -0.459 e. The molecule has 0 aliphatic carbocycles. The Kier molecular flexibility index (Phi) is 6.67. The minimum atomic E-state index is -1.41. The van der Waals surface area contributed by atoms with Crippen LogP contribution in [0.4, 0.5) is 0 Å². The number of aromatic nitrogens is 2. The molecule has 0 spiro atoms. The van der Waals surface area contributed by atoms with Gasteiger partial charge in [0, 0.05) is 12.0 Å². The zero-order valence-electron chi connectivity index (χ0n) is 15.0. The molecule has 2 heterocycles. The van der Waals surface area contributed by atoms with E-state index in [4.69, 9.17) is 4.74 Å². The van der Waals surface area contributed by atoms with Crippen molar-refractivity contribution >= 4 is 11.8 Å². The fourth-order valence-corrected chi connectivity index (χ4v) is 4.19. The van der Waals surface area contributed by atoms with Crippen molar-refractivity contribution in [3.63, 3.8) is 0 Å². The molecule has 2 aromatic rings. The lowest BCUT2D eigenvalue weighted by Gasteiger charge is -2.38. The molecule has 8 heteroatoms. The average Bonchev–Trinajstić information content (AvgIpc) is 2.70. The number of benzene rings is 1. The van der Waals surface area contributed by atoms with Crippen molar-refractivity contribution in [1.82, 2.24) is 10.2 Å². The Bertz CT molecular complexity index is 743. The Labute approximate surface area is 162 Å². The summed E-state index contributed by atoms with van der Waals surface area (Å²) in [5.41, 5.74) is 2.26. The molecule has 7 nitrogen and oxygen atoms in total. The van der Waals surface area contributed by atoms with Gasteiger partial charge in [0.1, 0.15) is 12.2 Å². The summed E-state index contributed by atoms with van der Waals surface area (Å²) in [5.74, 6) is 0.258. The monoisotopic (exact) mass is 392 g/mol. The van der Waals surface area contributed by atoms with Gasteiger partial charge in [0.05, 0.1) is 24.2 Å². The van der Waals surface area contributed by atoms with Crippen molar-refractivity contribution in [3.05, 3.63) is 53.2 Å². The predicted octanol–water partition coefficient (Wildman–Crippen LogP) is 0.525. The molecule has 4 N–H and O–H groups in total. The second-order valence-electron chi connectivity index (χ2n) is 6.52. The molecule has 27 heavy (non-hydrogen) atoms. The Morgan fingerprint density at radius 3 is 2.37 bits per heavy atom. The molecule has 1 saturated heterocycles. The third-order valence-corrected chi connectivity index (χ3v) is 6.09. The van der Waals surface area contributed by atoms with Crippen LogP contribution in [0.5, 0.6) is 5.88 Å². The first-order valence-electron chi connectivity index (χ1n) is 8.89. The normalized spacial score (nSPS) is 28.1. The highest BCUT2D eigenvalue weighted by molar-refractivity contribution is 8.00. The second kappa shape index (κ2) is 8.99. The summed E-state index contributed by atoms with van der Waals surface area (Å²) < 4.78 is 5.82. The number of aliphatic hydroxyl groups excluding tert-OH is 4. The number of rotatable bonds is 6. The van der Waals surface area contributed by atoms with Crippen LogP contribution in [0.1, 0.15) is 23.6 Å². The lowest BCUT2D eigenvalue weighted by atomic mass is 10.0. The van der Waals surface area contributed by atoms with Gasteiger partial charge in [0.25, 0.3) is 0 Å². The lowest BCUT2D eigenvalue weighted by molar-refractivity contribution is -0.0916. The Hall–Kier alpha value is -1.71. The highest BCUT2D eigenvalue weighted by atomic mass is 32.2. The molecule has 0 radical (unpaired) electrons. The summed E-state index contributed by atoms with van der Waals surface area (Å²) in [4.78, 5) is 0. The number of aliphatic hydroxyl groups is 4. The van der Waals surface area contributed by atoms with Crippen molar-refractivity contribution in [2.75, 3.05) is 6.61 Å². The first-order chi connectivity index (χ1) is 13.0. The van der Waals surface area contributed by atoms with E-state index in [0.717, 1.165) is 29.3 Å². The lowest BCUT2D eigenvalue weighted by Crippen LogP contribution is -2.55. The van der Waals surface area contributed by atoms with E-state index in [1.807, 2.05) is 0 Å². The minimum absolute atomic E-state index is 0.258. The van der Waals surface area contributed by atoms with E-state index in [2.05, 4.69) is 41.4 Å². The van der Waals surface area contributed by atoms with Crippen LogP contribution in [0.15, 0.2) is 36.5 Å². The van der Waals surface area contributed by atoms with Crippen LogP contribution >= 0.6 is 11.8 Å². The molecular formula is C19H24N2O5S. The first kappa shape index (κ1) is 20.0. The molecule has 0 amide bonds. The maximum atomic E-state index is 10.2. The third kappa shape index (κ3) is 4.59. The van der Waals surface area contributed by atoms with Gasteiger partial charge in [-0.15, -0.1) is 16.9 Å². The van der Waals surface area contributed by atoms with Gasteiger partial charge >= 0.3 is 0 Å². The van der Waals surface area contributed by atoms with Crippen LogP contribution in [-0.4, -0.2) is 66.2 Å². The number of ether oxygens (including phenoxy) is 1. The number of thioether (sulfide) groups is 1. The summed E-state index contributed by atoms with van der Waals surface area (Å²) >= 11 is 1.07. The van der Waals surface area contributed by atoms with Crippen LogP contribution < -0.4 is 4.74 Å². The molecule has 1 aromatic heterocycles. The number of aryl methyl sites for hydroxylation is 1. The standard InChI is InChI=1S/C19H24N2O5S/c1-2-11-3-5-12(6-4-11)9-13-7-8-20-21-18(13)26-19-17(25)16(24)15(23)14(10-22)27-19/h3-8,14-17,19,22-25H,2,9-10H2,1H3. The number of hydrogen-bond donors (Lipinski definition) is 4. The van der Waals surface area contributed by atoms with Gasteiger partial charge < -0.3 is 25.2 Å². The molecule has 5 unspecified atom stereocenters. The predicted molar refractivity (Wildman–Crippen MR) is 102 cm³/mol. The van der Waals surface area contributed by atoms with Crippen molar-refractivity contribution in [3.8, 4) is 5.88 Å². The molecule has 0 saturated carbocycles. The fourth-order valence-electron chi connectivity index (χ4n) is 2.97. The van der Waals surface area contributed by atoms with Gasteiger partial charge in [-0.2, -0.15) is 5.10 Å². The zero-order valence-corrected chi connectivity index (χ0v) is 15.8. The van der Waals surface area contributed by atoms with Crippen molar-refractivity contribution in [2.45, 2.75) is 48.8 Å². The summed E-state index contributed by atoms with van der Waals surface area (Å²) in [5, 5.41) is 46.8. The molecule has 5 atom stereocenters. The maximum Gasteiger partial charge on any atom is 0.238 e. The molecule has 0 bridgehead atoms. The van der Waals surface area contributed by atoms with Crippen LogP contribution in [0.25, 0.3) is 0 Å². The highest BCUT2D eigenvalue weighted by Crippen LogP contribution is 2.34. The smallest absolute Gasteiger partial charge is 0.238 e. The molecule has 1 fully saturated rings. The van der Waals surface area contributed by atoms with Crippen molar-refractivity contribution < 1.29 is 25.2 Å². The number of hydrogen-bond acceptors (Lipinski definition) is 8. The molecular weight excluding hydrogens is 368 g/mol. The zero-order chi connectivity index (χ0) is 19.4. The summed E-state index contributed by atoms with van der Waals surface area (Å²) in [6.45, 7) is 1.76. The Morgan fingerprint density at radius 2 is 1.70 bits per heavy atom. The van der Waals surface area contributed by atoms with E-state index in [0.29, 0.717) is 6.42 Å². The van der Waals surface area contributed by atoms with Gasteiger partial charge in [0.2, 0.25) is 5.88 Å². The largest absolute Gasteiger partial charge is 0.459 e. The molecule has 3 rings (SSSR count). The van der Waals surface area contributed by atoms with Crippen LogP contribution in [-0.2, 0) is 12.8 Å². The highest BCUT2D eigenvalue weighted by Gasteiger charge is 2.44. The van der Waals surface area contributed by atoms with E-state index in [-0.39, 0.29) is 12.5 Å². The van der Waals surface area contributed by atoms with Gasteiger partial charge in [0.15, 0.2) is 5.44 Å². The van der Waals surface area contributed by atoms with E-state index < -0.39 is 29.0 Å². The quantitative estimate of drug-likeness (QED) is 0.563. The molecule has 1 aromatic carbocycles. The molecule has 146 valence electrons. The second-order valence-corrected chi connectivity index (χ2v) is 7.87. The van der Waals surface area contributed by atoms with Gasteiger partial charge in [-0.1, -0.05) is 31.2 Å². The van der Waals surface area contributed by atoms with Gasteiger partial charge in [-0.25, -0.2) is 0 Å². The van der Waals surface area contributed by atoms with Gasteiger partial charge in [-0.3, -0.25) is 0 Å². The maximum absolute atomic E-state index is 10.2. The van der Waals surface area contributed by atoms with E-state index in [1.54, 1.807) is 12.3 Å². The Morgan fingerprint density at radius 1 is 1.00 bits per heavy atom. The van der Waals surface area contributed by atoms with Crippen LogP contribution in [0, 0.1) is 0 Å². The molecule has 1 aliphatic heterocycles. The first-order valence-corrected chi connectivity index (χ1v) is 9.83. The summed E-state index contributed by atoms with van der Waals surface area (Å²) in [6, 6.07) is 10.1. The SMILES string of the molecule is CCc1ccc(Cc2ccnnc2OC2SC(CO)C(O)C(O)C2O)cc1. The van der Waals surface area contributed by atoms with E-state index in [9.17, 15) is 20.4 Å². The Balaban J connectivity index is 1.77. The van der Waals surface area contributed by atoms with Crippen molar-refractivity contribution in [2.24, 2.45) is 0 Å². The van der Waals surface area contributed by atoms with Crippen molar-refractivity contribution in [1.29, 1.82) is 0 Å². The van der Waals surface area contributed by atoms with Crippen LogP contribution in [0.3, 0.4) is 0 Å². The van der Waals surface area contributed by atoms with E-state index in [1.165, 1.54) is 5.56 Å². The molecule has 1 aliphatic rings.